The zero-order chi connectivity index (χ0) is 16.4. The molecule has 22 heavy (non-hydrogen) atoms. The molecule has 1 aliphatic heterocycles. The average molecular weight is 304 g/mol. The maximum Gasteiger partial charge on any atom is 0.290 e. The number of carbonyl (C=O) groups excluding carboxylic acids is 3. The van der Waals surface area contributed by atoms with E-state index in [4.69, 9.17) is 4.74 Å². The molecule has 2 rings (SSSR count). The minimum Gasteiger partial charge on any atom is -0.548 e. The molecule has 1 atom stereocenters. The van der Waals surface area contributed by atoms with Crippen LogP contribution in [0, 0.1) is 0 Å². The molecule has 7 nitrogen and oxygen atoms in total. The van der Waals surface area contributed by atoms with Gasteiger partial charge >= 0.3 is 0 Å². The van der Waals surface area contributed by atoms with Gasteiger partial charge in [-0.1, -0.05) is 12.1 Å². The Hall–Kier alpha value is -2.83. The summed E-state index contributed by atoms with van der Waals surface area (Å²) in [7, 11) is 1.49. The van der Waals surface area contributed by atoms with E-state index in [0.29, 0.717) is 11.3 Å². The first kappa shape index (κ1) is 15.6. The third-order valence-electron chi connectivity index (χ3n) is 3.41. The fourth-order valence-corrected chi connectivity index (χ4v) is 2.45. The second-order valence-electron chi connectivity index (χ2n) is 4.80. The number of ketones is 1. The number of aliphatic carboxylic acids is 1. The predicted octanol–water partition coefficient (Wildman–Crippen LogP) is -0.271. The van der Waals surface area contributed by atoms with E-state index >= 15 is 0 Å². The summed E-state index contributed by atoms with van der Waals surface area (Å²) in [5.41, 5.74) is 0.362. The molecule has 0 radical (unpaired) electrons. The van der Waals surface area contributed by atoms with E-state index in [1.165, 1.54) is 14.0 Å². The lowest BCUT2D eigenvalue weighted by Gasteiger charge is -2.26. The summed E-state index contributed by atoms with van der Waals surface area (Å²) in [6, 6.07) is 5.46. The van der Waals surface area contributed by atoms with Crippen LogP contribution in [0.5, 0.6) is 5.75 Å². The van der Waals surface area contributed by atoms with E-state index in [-0.39, 0.29) is 5.57 Å². The van der Waals surface area contributed by atoms with Crippen LogP contribution in [0.3, 0.4) is 0 Å². The number of hydrogen-bond donors (Lipinski definition) is 1. The predicted molar refractivity (Wildman–Crippen MR) is 72.8 cm³/mol. The third-order valence-corrected chi connectivity index (χ3v) is 3.41. The van der Waals surface area contributed by atoms with Crippen molar-refractivity contribution in [2.75, 3.05) is 13.7 Å². The van der Waals surface area contributed by atoms with E-state index in [2.05, 4.69) is 0 Å². The molecule has 1 heterocycles. The summed E-state index contributed by atoms with van der Waals surface area (Å²) in [5.74, 6) is -3.06. The topological polar surface area (TPSA) is 107 Å². The van der Waals surface area contributed by atoms with E-state index in [0.717, 1.165) is 4.90 Å². The van der Waals surface area contributed by atoms with Gasteiger partial charge in [-0.25, -0.2) is 0 Å². The van der Waals surface area contributed by atoms with Crippen LogP contribution < -0.4 is 9.84 Å². The molecule has 1 aromatic carbocycles. The van der Waals surface area contributed by atoms with Crippen LogP contribution >= 0.6 is 0 Å². The summed E-state index contributed by atoms with van der Waals surface area (Å²) >= 11 is 0. The quantitative estimate of drug-likeness (QED) is 0.802. The van der Waals surface area contributed by atoms with Crippen LogP contribution in [0.1, 0.15) is 18.5 Å². The Morgan fingerprint density at radius 2 is 1.91 bits per heavy atom. The van der Waals surface area contributed by atoms with Crippen molar-refractivity contribution in [2.24, 2.45) is 0 Å². The number of carboxylic acids is 1. The number of Topliss-reactive ketones (excluding diaryl/α,β-unsaturated/α-hetero) is 1. The van der Waals surface area contributed by atoms with Crippen molar-refractivity contribution in [3.63, 3.8) is 0 Å². The smallest absolute Gasteiger partial charge is 0.290 e. The highest BCUT2D eigenvalue weighted by atomic mass is 16.5. The van der Waals surface area contributed by atoms with Gasteiger partial charge in [-0.3, -0.25) is 9.59 Å². The fraction of sp³-hybridized carbons (Fsp3) is 0.267. The number of benzene rings is 1. The second-order valence-corrected chi connectivity index (χ2v) is 4.80. The van der Waals surface area contributed by atoms with Crippen LogP contribution in [-0.2, 0) is 14.4 Å². The first-order valence-electron chi connectivity index (χ1n) is 6.45. The van der Waals surface area contributed by atoms with Gasteiger partial charge in [-0.15, -0.1) is 0 Å². The molecule has 0 bridgehead atoms. The number of methoxy groups -OCH3 is 1. The van der Waals surface area contributed by atoms with Crippen molar-refractivity contribution in [1.29, 1.82) is 0 Å². The number of rotatable bonds is 5. The molecule has 1 N–H and O–H groups in total. The summed E-state index contributed by atoms with van der Waals surface area (Å²) in [5, 5.41) is 20.7. The number of amides is 1. The molecule has 1 aliphatic rings. The van der Waals surface area contributed by atoms with Crippen LogP contribution in [0.4, 0.5) is 0 Å². The van der Waals surface area contributed by atoms with Gasteiger partial charge in [0.1, 0.15) is 5.75 Å². The van der Waals surface area contributed by atoms with Gasteiger partial charge in [0.05, 0.1) is 31.2 Å². The molecule has 0 saturated carbocycles. The van der Waals surface area contributed by atoms with Crippen LogP contribution in [0.2, 0.25) is 0 Å². The molecule has 0 saturated heterocycles. The SMILES string of the molecule is COc1ccc([C@H]2C(C(C)=O)=C(O)C(=O)N2CC(=O)[O-])cc1. The number of carbonyl (C=O) groups is 3. The van der Waals surface area contributed by atoms with Gasteiger partial charge in [0, 0.05) is 0 Å². The lowest BCUT2D eigenvalue weighted by Crippen LogP contribution is -2.41. The van der Waals surface area contributed by atoms with Gasteiger partial charge in [0.15, 0.2) is 11.5 Å². The Labute approximate surface area is 126 Å². The standard InChI is InChI=1S/C15H15NO6/c1-8(17)12-13(9-3-5-10(22-2)6-4-9)16(7-11(18)19)15(21)14(12)20/h3-6,13,20H,7H2,1-2H3,(H,18,19)/p-1/t13-/m0/s1. The first-order valence-corrected chi connectivity index (χ1v) is 6.45. The lowest BCUT2D eigenvalue weighted by atomic mass is 9.96. The van der Waals surface area contributed by atoms with Crippen molar-refractivity contribution in [2.45, 2.75) is 13.0 Å². The number of aliphatic hydroxyl groups is 1. The van der Waals surface area contributed by atoms with Crippen LogP contribution in [-0.4, -0.2) is 41.3 Å². The molecule has 0 aromatic heterocycles. The number of ether oxygens (including phenoxy) is 1. The van der Waals surface area contributed by atoms with Gasteiger partial charge in [-0.2, -0.15) is 0 Å². The van der Waals surface area contributed by atoms with Crippen molar-refractivity contribution >= 4 is 17.7 Å². The Morgan fingerprint density at radius 3 is 2.36 bits per heavy atom. The van der Waals surface area contributed by atoms with Crippen molar-refractivity contribution < 1.29 is 29.3 Å². The number of hydrogen-bond acceptors (Lipinski definition) is 6. The van der Waals surface area contributed by atoms with E-state index in [9.17, 15) is 24.6 Å². The van der Waals surface area contributed by atoms with E-state index in [1.807, 2.05) is 0 Å². The molecule has 0 spiro atoms. The Kier molecular flexibility index (Phi) is 4.16. The molecular weight excluding hydrogens is 290 g/mol. The highest BCUT2D eigenvalue weighted by Crippen LogP contribution is 2.37. The zero-order valence-corrected chi connectivity index (χ0v) is 12.0. The molecule has 7 heteroatoms. The molecular formula is C15H14NO6-. The van der Waals surface area contributed by atoms with Crippen molar-refractivity contribution in [3.8, 4) is 5.75 Å². The number of aliphatic hydroxyl groups excluding tert-OH is 1. The second kappa shape index (κ2) is 5.88. The maximum absolute atomic E-state index is 12.0. The van der Waals surface area contributed by atoms with Gasteiger partial charge in [0.25, 0.3) is 5.91 Å². The fourth-order valence-electron chi connectivity index (χ4n) is 2.45. The third kappa shape index (κ3) is 2.65. The normalized spacial score (nSPS) is 17.8. The monoisotopic (exact) mass is 304 g/mol. The molecule has 116 valence electrons. The minimum absolute atomic E-state index is 0.128. The molecule has 0 unspecified atom stereocenters. The van der Waals surface area contributed by atoms with Crippen molar-refractivity contribution in [3.05, 3.63) is 41.2 Å². The Balaban J connectivity index is 2.50. The summed E-state index contributed by atoms with van der Waals surface area (Å²) in [6.45, 7) is 0.480. The largest absolute Gasteiger partial charge is 0.548 e. The van der Waals surface area contributed by atoms with Gasteiger partial charge < -0.3 is 24.6 Å². The van der Waals surface area contributed by atoms with Crippen LogP contribution in [0.25, 0.3) is 0 Å². The van der Waals surface area contributed by atoms with E-state index in [1.54, 1.807) is 24.3 Å². The number of nitrogens with zero attached hydrogens (tertiary/aromatic N) is 1. The summed E-state index contributed by atoms with van der Waals surface area (Å²) < 4.78 is 5.03. The minimum atomic E-state index is -1.48. The first-order chi connectivity index (χ1) is 10.4. The van der Waals surface area contributed by atoms with Crippen molar-refractivity contribution in [1.82, 2.24) is 4.90 Å². The maximum atomic E-state index is 12.0. The Morgan fingerprint density at radius 1 is 1.32 bits per heavy atom. The summed E-state index contributed by atoms with van der Waals surface area (Å²) in [6.07, 6.45) is 0. The Bertz CT molecular complexity index is 661. The highest BCUT2D eigenvalue weighted by molar-refractivity contribution is 6.08. The van der Waals surface area contributed by atoms with Gasteiger partial charge in [0.2, 0.25) is 0 Å². The molecule has 1 aromatic rings. The average Bonchev–Trinajstić information content (AvgIpc) is 2.72. The molecule has 0 aliphatic carbocycles. The van der Waals surface area contributed by atoms with Gasteiger partial charge in [-0.05, 0) is 24.6 Å². The molecule has 0 fully saturated rings. The highest BCUT2D eigenvalue weighted by Gasteiger charge is 2.42. The van der Waals surface area contributed by atoms with Crippen LogP contribution in [0.15, 0.2) is 35.6 Å². The van der Waals surface area contributed by atoms with E-state index < -0.39 is 36.0 Å². The molecule has 1 amide bonds. The number of carboxylic acid groups (broad SMARTS) is 1. The summed E-state index contributed by atoms with van der Waals surface area (Å²) in [4.78, 5) is 35.5. The zero-order valence-electron chi connectivity index (χ0n) is 12.0. The lowest BCUT2D eigenvalue weighted by molar-refractivity contribution is -0.306.